The highest BCUT2D eigenvalue weighted by atomic mass is 35.5. The summed E-state index contributed by atoms with van der Waals surface area (Å²) in [7, 11) is 0. The standard InChI is InChI=1S/C13H11ClN2/c14-12-7-2-1-6-11(12)13(15)9-10-5-3-4-8-16-10/h1-9H,15H2/b13-9+. The van der Waals surface area contributed by atoms with Crippen molar-refractivity contribution in [1.29, 1.82) is 0 Å². The van der Waals surface area contributed by atoms with Crippen molar-refractivity contribution in [3.05, 3.63) is 64.9 Å². The lowest BCUT2D eigenvalue weighted by molar-refractivity contribution is 1.29. The minimum Gasteiger partial charge on any atom is -0.398 e. The van der Waals surface area contributed by atoms with Gasteiger partial charge in [-0.2, -0.15) is 0 Å². The van der Waals surface area contributed by atoms with Gasteiger partial charge < -0.3 is 5.73 Å². The average Bonchev–Trinajstić information content (AvgIpc) is 2.31. The zero-order valence-electron chi connectivity index (χ0n) is 8.60. The molecule has 2 N–H and O–H groups in total. The fourth-order valence-electron chi connectivity index (χ4n) is 1.39. The SMILES string of the molecule is N/C(=C/c1ccccn1)c1ccccc1Cl. The first-order chi connectivity index (χ1) is 7.77. The first kappa shape index (κ1) is 10.7. The Labute approximate surface area is 99.4 Å². The number of aromatic nitrogens is 1. The summed E-state index contributed by atoms with van der Waals surface area (Å²) in [5, 5.41) is 0.646. The summed E-state index contributed by atoms with van der Waals surface area (Å²) in [5.74, 6) is 0. The van der Waals surface area contributed by atoms with Crippen molar-refractivity contribution in [2.75, 3.05) is 0 Å². The van der Waals surface area contributed by atoms with Crippen LogP contribution in [0.1, 0.15) is 11.3 Å². The Balaban J connectivity index is 2.36. The Kier molecular flexibility index (Phi) is 3.22. The van der Waals surface area contributed by atoms with E-state index in [2.05, 4.69) is 4.98 Å². The van der Waals surface area contributed by atoms with Crippen molar-refractivity contribution in [2.45, 2.75) is 0 Å². The second-order valence-electron chi connectivity index (χ2n) is 3.33. The molecule has 0 amide bonds. The molecule has 0 aliphatic carbocycles. The van der Waals surface area contributed by atoms with Gasteiger partial charge in [0.2, 0.25) is 0 Å². The second-order valence-corrected chi connectivity index (χ2v) is 3.74. The second kappa shape index (κ2) is 4.81. The molecule has 0 saturated carbocycles. The smallest absolute Gasteiger partial charge is 0.0650 e. The fourth-order valence-corrected chi connectivity index (χ4v) is 1.64. The number of rotatable bonds is 2. The van der Waals surface area contributed by atoms with Crippen molar-refractivity contribution < 1.29 is 0 Å². The molecule has 1 aromatic carbocycles. The van der Waals surface area contributed by atoms with E-state index < -0.39 is 0 Å². The molecule has 1 aromatic heterocycles. The van der Waals surface area contributed by atoms with E-state index in [0.29, 0.717) is 10.7 Å². The average molecular weight is 231 g/mol. The number of benzene rings is 1. The topological polar surface area (TPSA) is 38.9 Å². The van der Waals surface area contributed by atoms with Crippen molar-refractivity contribution in [3.8, 4) is 0 Å². The molecular formula is C13H11ClN2. The molecule has 0 spiro atoms. The lowest BCUT2D eigenvalue weighted by Crippen LogP contribution is -1.97. The van der Waals surface area contributed by atoms with Crippen molar-refractivity contribution in [2.24, 2.45) is 5.73 Å². The van der Waals surface area contributed by atoms with Gasteiger partial charge in [-0.15, -0.1) is 0 Å². The highest BCUT2D eigenvalue weighted by Gasteiger charge is 2.01. The molecule has 0 aliphatic heterocycles. The summed E-state index contributed by atoms with van der Waals surface area (Å²) in [5.41, 5.74) is 8.23. The largest absolute Gasteiger partial charge is 0.398 e. The predicted molar refractivity (Wildman–Crippen MR) is 67.7 cm³/mol. The van der Waals surface area contributed by atoms with Gasteiger partial charge in [-0.25, -0.2) is 0 Å². The highest BCUT2D eigenvalue weighted by Crippen LogP contribution is 2.21. The third-order valence-electron chi connectivity index (χ3n) is 2.18. The summed E-state index contributed by atoms with van der Waals surface area (Å²) >= 11 is 6.04. The van der Waals surface area contributed by atoms with Gasteiger partial charge in [0.25, 0.3) is 0 Å². The summed E-state index contributed by atoms with van der Waals surface area (Å²) in [4.78, 5) is 4.17. The summed E-state index contributed by atoms with van der Waals surface area (Å²) in [6.45, 7) is 0. The minimum absolute atomic E-state index is 0.615. The van der Waals surface area contributed by atoms with Crippen LogP contribution in [0.25, 0.3) is 11.8 Å². The molecule has 0 unspecified atom stereocenters. The van der Waals surface area contributed by atoms with Gasteiger partial charge in [0, 0.05) is 22.5 Å². The summed E-state index contributed by atoms with van der Waals surface area (Å²) in [6, 6.07) is 13.2. The fraction of sp³-hybridized carbons (Fsp3) is 0. The van der Waals surface area contributed by atoms with Gasteiger partial charge in [-0.05, 0) is 24.3 Å². The Morgan fingerprint density at radius 2 is 1.88 bits per heavy atom. The molecule has 3 heteroatoms. The van der Waals surface area contributed by atoms with Crippen molar-refractivity contribution in [3.63, 3.8) is 0 Å². The lowest BCUT2D eigenvalue weighted by atomic mass is 10.1. The number of hydrogen-bond donors (Lipinski definition) is 1. The molecule has 0 fully saturated rings. The molecular weight excluding hydrogens is 220 g/mol. The summed E-state index contributed by atoms with van der Waals surface area (Å²) < 4.78 is 0. The molecule has 2 aromatic rings. The van der Waals surface area contributed by atoms with E-state index in [1.807, 2.05) is 42.5 Å². The van der Waals surface area contributed by atoms with Crippen LogP contribution in [0.5, 0.6) is 0 Å². The van der Waals surface area contributed by atoms with E-state index in [1.165, 1.54) is 0 Å². The van der Waals surface area contributed by atoms with E-state index >= 15 is 0 Å². The third-order valence-corrected chi connectivity index (χ3v) is 2.51. The number of nitrogens with zero attached hydrogens (tertiary/aromatic N) is 1. The minimum atomic E-state index is 0.615. The molecule has 0 saturated heterocycles. The number of halogens is 1. The Bertz CT molecular complexity index is 506. The molecule has 2 nitrogen and oxygen atoms in total. The van der Waals surface area contributed by atoms with Crippen LogP contribution in [0.4, 0.5) is 0 Å². The van der Waals surface area contributed by atoms with Gasteiger partial charge in [-0.3, -0.25) is 4.98 Å². The highest BCUT2D eigenvalue weighted by molar-refractivity contribution is 6.32. The van der Waals surface area contributed by atoms with Gasteiger partial charge in [0.05, 0.1) is 5.69 Å². The maximum Gasteiger partial charge on any atom is 0.0650 e. The molecule has 0 atom stereocenters. The molecule has 1 heterocycles. The van der Waals surface area contributed by atoms with Crippen LogP contribution in [0.2, 0.25) is 5.02 Å². The van der Waals surface area contributed by atoms with E-state index in [9.17, 15) is 0 Å². The van der Waals surface area contributed by atoms with Crippen molar-refractivity contribution >= 4 is 23.4 Å². The van der Waals surface area contributed by atoms with E-state index in [4.69, 9.17) is 17.3 Å². The Morgan fingerprint density at radius 3 is 2.56 bits per heavy atom. The first-order valence-electron chi connectivity index (χ1n) is 4.90. The van der Waals surface area contributed by atoms with Gasteiger partial charge in [0.1, 0.15) is 0 Å². The maximum absolute atomic E-state index is 6.04. The van der Waals surface area contributed by atoms with Gasteiger partial charge in [0.15, 0.2) is 0 Å². The van der Waals surface area contributed by atoms with Crippen molar-refractivity contribution in [1.82, 2.24) is 4.98 Å². The van der Waals surface area contributed by atoms with Crippen LogP contribution < -0.4 is 5.73 Å². The van der Waals surface area contributed by atoms with Crippen LogP contribution in [-0.4, -0.2) is 4.98 Å². The lowest BCUT2D eigenvalue weighted by Gasteiger charge is -2.03. The Morgan fingerprint density at radius 1 is 1.12 bits per heavy atom. The normalized spacial score (nSPS) is 11.4. The Hall–Kier alpha value is -1.80. The molecule has 0 aliphatic rings. The predicted octanol–water partition coefficient (Wildman–Crippen LogP) is 3.19. The first-order valence-corrected chi connectivity index (χ1v) is 5.28. The zero-order valence-corrected chi connectivity index (χ0v) is 9.35. The summed E-state index contributed by atoms with van der Waals surface area (Å²) in [6.07, 6.45) is 3.53. The van der Waals surface area contributed by atoms with Crippen LogP contribution in [0.3, 0.4) is 0 Å². The van der Waals surface area contributed by atoms with Crippen LogP contribution >= 0.6 is 11.6 Å². The van der Waals surface area contributed by atoms with Crippen LogP contribution in [0.15, 0.2) is 48.7 Å². The van der Waals surface area contributed by atoms with E-state index in [-0.39, 0.29) is 0 Å². The monoisotopic (exact) mass is 230 g/mol. The number of hydrogen-bond acceptors (Lipinski definition) is 2. The molecule has 0 radical (unpaired) electrons. The van der Waals surface area contributed by atoms with E-state index in [0.717, 1.165) is 11.3 Å². The van der Waals surface area contributed by atoms with Crippen LogP contribution in [-0.2, 0) is 0 Å². The molecule has 16 heavy (non-hydrogen) atoms. The van der Waals surface area contributed by atoms with Gasteiger partial charge in [-0.1, -0.05) is 35.9 Å². The van der Waals surface area contributed by atoms with Gasteiger partial charge >= 0.3 is 0 Å². The molecule has 80 valence electrons. The number of nitrogens with two attached hydrogens (primary N) is 1. The van der Waals surface area contributed by atoms with Crippen LogP contribution in [0, 0.1) is 0 Å². The molecule has 0 bridgehead atoms. The number of pyridine rings is 1. The van der Waals surface area contributed by atoms with E-state index in [1.54, 1.807) is 12.3 Å². The zero-order chi connectivity index (χ0) is 11.4. The third kappa shape index (κ3) is 2.41. The maximum atomic E-state index is 6.04. The molecule has 2 rings (SSSR count). The quantitative estimate of drug-likeness (QED) is 0.861.